The van der Waals surface area contributed by atoms with Crippen molar-refractivity contribution in [2.24, 2.45) is 0 Å². The van der Waals surface area contributed by atoms with Crippen molar-refractivity contribution < 1.29 is 14.3 Å². The largest absolute Gasteiger partial charge is 0.393 e. The summed E-state index contributed by atoms with van der Waals surface area (Å²) in [6.07, 6.45) is 0.245. The van der Waals surface area contributed by atoms with E-state index in [1.54, 1.807) is 22.7 Å². The molecule has 0 fully saturated rings. The summed E-state index contributed by atoms with van der Waals surface area (Å²) in [5, 5.41) is 2.21. The molecule has 4 aromatic rings. The van der Waals surface area contributed by atoms with Crippen LogP contribution in [0.1, 0.15) is 9.75 Å². The van der Waals surface area contributed by atoms with E-state index in [1.165, 1.54) is 0 Å². The average molecular weight is 366 g/mol. The monoisotopic (exact) mass is 366 g/mol. The first-order chi connectivity index (χ1) is 12.2. The Morgan fingerprint density at radius 1 is 0.720 bits per heavy atom. The summed E-state index contributed by atoms with van der Waals surface area (Å²) in [5.74, 6) is -1.00. The Morgan fingerprint density at radius 3 is 1.60 bits per heavy atom. The van der Waals surface area contributed by atoms with Gasteiger partial charge in [0, 0.05) is 19.2 Å². The van der Waals surface area contributed by atoms with Crippen molar-refractivity contribution in [2.75, 3.05) is 0 Å². The summed E-state index contributed by atoms with van der Waals surface area (Å²) < 4.78 is 7.24. The SMILES string of the molecule is O=C(Cc1cc2ccccc2s1)OC(=O)Cc1cc2ccccc2s1. The number of esters is 2. The van der Waals surface area contributed by atoms with Crippen LogP contribution in [0.4, 0.5) is 0 Å². The van der Waals surface area contributed by atoms with Crippen molar-refractivity contribution >= 4 is 54.8 Å². The number of carbonyl (C=O) groups is 2. The summed E-state index contributed by atoms with van der Waals surface area (Å²) in [4.78, 5) is 25.9. The van der Waals surface area contributed by atoms with Crippen molar-refractivity contribution in [3.05, 3.63) is 70.4 Å². The van der Waals surface area contributed by atoms with Gasteiger partial charge in [-0.1, -0.05) is 36.4 Å². The smallest absolute Gasteiger partial charge is 0.318 e. The van der Waals surface area contributed by atoms with Gasteiger partial charge in [-0.2, -0.15) is 0 Å². The number of fused-ring (bicyclic) bond motifs is 2. The molecule has 5 heteroatoms. The van der Waals surface area contributed by atoms with Crippen LogP contribution in [0.3, 0.4) is 0 Å². The lowest BCUT2D eigenvalue weighted by molar-refractivity contribution is -0.158. The van der Waals surface area contributed by atoms with Crippen LogP contribution in [0.2, 0.25) is 0 Å². The van der Waals surface area contributed by atoms with Gasteiger partial charge in [0.2, 0.25) is 0 Å². The fraction of sp³-hybridized carbons (Fsp3) is 0.100. The Morgan fingerprint density at radius 2 is 1.16 bits per heavy atom. The second-order valence-corrected chi connectivity index (χ2v) is 8.04. The molecule has 0 unspecified atom stereocenters. The quantitative estimate of drug-likeness (QED) is 0.378. The number of rotatable bonds is 4. The minimum absolute atomic E-state index is 0.123. The van der Waals surface area contributed by atoms with Gasteiger partial charge in [0.1, 0.15) is 0 Å². The zero-order chi connectivity index (χ0) is 17.2. The molecule has 2 aromatic heterocycles. The fourth-order valence-electron chi connectivity index (χ4n) is 2.73. The lowest BCUT2D eigenvalue weighted by Crippen LogP contribution is -2.15. The molecule has 0 saturated heterocycles. The Labute approximate surface area is 152 Å². The van der Waals surface area contributed by atoms with Gasteiger partial charge < -0.3 is 4.74 Å². The first kappa shape index (κ1) is 16.0. The number of thiophene rings is 2. The van der Waals surface area contributed by atoms with Crippen LogP contribution in [0.25, 0.3) is 20.2 Å². The summed E-state index contributed by atoms with van der Waals surface area (Å²) in [5.41, 5.74) is 0. The average Bonchev–Trinajstić information content (AvgIpc) is 3.16. The van der Waals surface area contributed by atoms with E-state index in [-0.39, 0.29) is 12.8 Å². The molecule has 124 valence electrons. The highest BCUT2D eigenvalue weighted by atomic mass is 32.1. The van der Waals surface area contributed by atoms with Gasteiger partial charge in [-0.15, -0.1) is 22.7 Å². The Balaban J connectivity index is 1.39. The normalized spacial score (nSPS) is 11.0. The van der Waals surface area contributed by atoms with Crippen molar-refractivity contribution in [3.8, 4) is 0 Å². The molecule has 3 nitrogen and oxygen atoms in total. The van der Waals surface area contributed by atoms with E-state index in [0.717, 1.165) is 29.9 Å². The van der Waals surface area contributed by atoms with Crippen LogP contribution in [-0.2, 0) is 27.2 Å². The predicted molar refractivity (Wildman–Crippen MR) is 102 cm³/mol. The van der Waals surface area contributed by atoms with Gasteiger partial charge >= 0.3 is 11.9 Å². The van der Waals surface area contributed by atoms with Crippen molar-refractivity contribution in [1.82, 2.24) is 0 Å². The summed E-state index contributed by atoms with van der Waals surface area (Å²) in [6.45, 7) is 0. The summed E-state index contributed by atoms with van der Waals surface area (Å²) in [7, 11) is 0. The maximum atomic E-state index is 12.0. The highest BCUT2D eigenvalue weighted by molar-refractivity contribution is 7.19. The van der Waals surface area contributed by atoms with Gasteiger partial charge in [-0.25, -0.2) is 0 Å². The zero-order valence-electron chi connectivity index (χ0n) is 13.2. The number of carbonyl (C=O) groups excluding carboxylic acids is 2. The topological polar surface area (TPSA) is 43.4 Å². The van der Waals surface area contributed by atoms with Crippen LogP contribution in [-0.4, -0.2) is 11.9 Å². The van der Waals surface area contributed by atoms with Gasteiger partial charge in [-0.05, 0) is 35.0 Å². The van der Waals surface area contributed by atoms with Gasteiger partial charge in [0.25, 0.3) is 0 Å². The number of hydrogen-bond acceptors (Lipinski definition) is 5. The first-order valence-corrected chi connectivity index (χ1v) is 9.49. The lowest BCUT2D eigenvalue weighted by atomic mass is 10.2. The Kier molecular flexibility index (Phi) is 4.34. The molecular weight excluding hydrogens is 352 g/mol. The minimum Gasteiger partial charge on any atom is -0.393 e. The van der Waals surface area contributed by atoms with E-state index < -0.39 is 11.9 Å². The molecule has 2 aromatic carbocycles. The molecule has 25 heavy (non-hydrogen) atoms. The van der Waals surface area contributed by atoms with Crippen molar-refractivity contribution in [1.29, 1.82) is 0 Å². The van der Waals surface area contributed by atoms with Gasteiger partial charge in [0.05, 0.1) is 12.8 Å². The molecule has 0 amide bonds. The van der Waals surface area contributed by atoms with Crippen LogP contribution < -0.4 is 0 Å². The molecule has 0 aliphatic carbocycles. The Hall–Kier alpha value is -2.50. The Bertz CT molecular complexity index is 923. The van der Waals surface area contributed by atoms with Crippen LogP contribution >= 0.6 is 22.7 Å². The highest BCUT2D eigenvalue weighted by Crippen LogP contribution is 2.27. The van der Waals surface area contributed by atoms with E-state index >= 15 is 0 Å². The molecule has 0 atom stereocenters. The van der Waals surface area contributed by atoms with E-state index in [1.807, 2.05) is 60.7 Å². The molecule has 4 rings (SSSR count). The van der Waals surface area contributed by atoms with Crippen LogP contribution in [0.15, 0.2) is 60.7 Å². The van der Waals surface area contributed by atoms with E-state index in [2.05, 4.69) is 0 Å². The lowest BCUT2D eigenvalue weighted by Gasteiger charge is -2.00. The van der Waals surface area contributed by atoms with Gasteiger partial charge in [0.15, 0.2) is 0 Å². The molecule has 0 N–H and O–H groups in total. The standard InChI is InChI=1S/C20H14O3S2/c21-19(11-15-9-13-5-1-3-7-17(13)24-15)23-20(22)12-16-10-14-6-2-4-8-18(14)25-16/h1-10H,11-12H2. The maximum Gasteiger partial charge on any atom is 0.318 e. The number of hydrogen-bond donors (Lipinski definition) is 0. The molecule has 0 aliphatic rings. The van der Waals surface area contributed by atoms with E-state index in [4.69, 9.17) is 4.74 Å². The van der Waals surface area contributed by atoms with E-state index in [0.29, 0.717) is 0 Å². The highest BCUT2D eigenvalue weighted by Gasteiger charge is 2.15. The minimum atomic E-state index is -0.502. The van der Waals surface area contributed by atoms with Gasteiger partial charge in [-0.3, -0.25) is 9.59 Å². The molecule has 0 bridgehead atoms. The molecule has 0 aliphatic heterocycles. The molecular formula is C20H14O3S2. The second kappa shape index (κ2) is 6.78. The molecule has 0 radical (unpaired) electrons. The fourth-order valence-corrected chi connectivity index (χ4v) is 4.83. The van der Waals surface area contributed by atoms with E-state index in [9.17, 15) is 9.59 Å². The number of ether oxygens (including phenoxy) is 1. The molecule has 0 saturated carbocycles. The third-order valence-corrected chi connectivity index (χ3v) is 6.05. The van der Waals surface area contributed by atoms with Crippen molar-refractivity contribution in [3.63, 3.8) is 0 Å². The summed E-state index contributed by atoms with van der Waals surface area (Å²) >= 11 is 3.10. The van der Waals surface area contributed by atoms with Crippen molar-refractivity contribution in [2.45, 2.75) is 12.8 Å². The predicted octanol–water partition coefficient (Wildman–Crippen LogP) is 4.97. The molecule has 0 spiro atoms. The number of benzene rings is 2. The first-order valence-electron chi connectivity index (χ1n) is 7.86. The maximum absolute atomic E-state index is 12.0. The third-order valence-electron chi connectivity index (χ3n) is 3.82. The third kappa shape index (κ3) is 3.62. The summed E-state index contributed by atoms with van der Waals surface area (Å²) in [6, 6.07) is 19.8. The zero-order valence-corrected chi connectivity index (χ0v) is 14.9. The van der Waals surface area contributed by atoms with Crippen LogP contribution in [0, 0.1) is 0 Å². The van der Waals surface area contributed by atoms with Crippen LogP contribution in [0.5, 0.6) is 0 Å². The molecule has 2 heterocycles. The second-order valence-electron chi connectivity index (χ2n) is 5.70.